The van der Waals surface area contributed by atoms with E-state index in [1.165, 1.54) is 16.8 Å². The fourth-order valence-electron chi connectivity index (χ4n) is 6.07. The molecule has 0 unspecified atom stereocenters. The third-order valence-corrected chi connectivity index (χ3v) is 10.1. The number of H-pyrrole nitrogens is 1. The Balaban J connectivity index is 1.25. The number of benzene rings is 4. The molecule has 0 spiro atoms. The predicted molar refractivity (Wildman–Crippen MR) is 193 cm³/mol. The molecule has 4 aromatic carbocycles. The van der Waals surface area contributed by atoms with Gasteiger partial charge in [0.2, 0.25) is 0 Å². The molecule has 0 saturated carbocycles. The first kappa shape index (κ1) is 32.8. The molecule has 3 heterocycles. The van der Waals surface area contributed by atoms with Gasteiger partial charge >= 0.3 is 5.97 Å². The molecular weight excluding hydrogens is 679 g/mol. The quantitative estimate of drug-likeness (QED) is 0.120. The number of hydrogen-bond donors (Lipinski definition) is 1. The Morgan fingerprint density at radius 1 is 0.857 bits per heavy atom. The summed E-state index contributed by atoms with van der Waals surface area (Å²) in [5.74, 6) is 1.04. The summed E-state index contributed by atoms with van der Waals surface area (Å²) in [6, 6.07) is 27.1. The molecule has 248 valence electrons. The number of nitrogens with one attached hydrogen (secondary N) is 1. The first-order chi connectivity index (χ1) is 23.9. The Labute approximate surface area is 296 Å². The van der Waals surface area contributed by atoms with Crippen molar-refractivity contribution >= 4 is 61.6 Å². The lowest BCUT2D eigenvalue weighted by atomic mass is 9.99. The third-order valence-electron chi connectivity index (χ3n) is 8.55. The topological polar surface area (TPSA) is 108 Å². The minimum absolute atomic E-state index is 0.155. The fourth-order valence-corrected chi connectivity index (χ4v) is 7.27. The number of thiazole rings is 1. The van der Waals surface area contributed by atoms with Crippen LogP contribution in [0.3, 0.4) is 0 Å². The molecule has 1 N–H and O–H groups in total. The van der Waals surface area contributed by atoms with Gasteiger partial charge < -0.3 is 14.0 Å². The Kier molecular flexibility index (Phi) is 9.88. The second-order valence-electron chi connectivity index (χ2n) is 11.7. The molecule has 0 fully saturated rings. The Morgan fingerprint density at radius 3 is 2.37 bits per heavy atom. The molecule has 0 aliphatic carbocycles. The second kappa shape index (κ2) is 14.8. The molecule has 0 aliphatic rings. The van der Waals surface area contributed by atoms with Crippen molar-refractivity contribution in [1.29, 1.82) is 0 Å². The Bertz CT molecular complexity index is 2210. The molecule has 49 heavy (non-hydrogen) atoms. The molecule has 7 rings (SSSR count). The lowest BCUT2D eigenvalue weighted by Crippen LogP contribution is -2.09. The molecule has 0 amide bonds. The third kappa shape index (κ3) is 7.62. The molecule has 0 aliphatic heterocycles. The second-order valence-corrected chi connectivity index (χ2v) is 13.6. The van der Waals surface area contributed by atoms with Gasteiger partial charge in [-0.3, -0.25) is 0 Å². The highest BCUT2D eigenvalue weighted by atomic mass is 35.5. The van der Waals surface area contributed by atoms with Gasteiger partial charge in [-0.1, -0.05) is 52.7 Å². The van der Waals surface area contributed by atoms with E-state index >= 15 is 0 Å². The van der Waals surface area contributed by atoms with E-state index < -0.39 is 0 Å². The first-order valence-electron chi connectivity index (χ1n) is 15.9. The number of aryl methyl sites for hydroxylation is 5. The summed E-state index contributed by atoms with van der Waals surface area (Å²) in [5, 5.41) is 18.1. The number of halogens is 2. The number of aromatic nitrogens is 6. The zero-order chi connectivity index (χ0) is 33.7. The maximum Gasteiger partial charge on any atom is 0.338 e. The monoisotopic (exact) mass is 710 g/mol. The Hall–Kier alpha value is -4.77. The number of aromatic amines is 1. The van der Waals surface area contributed by atoms with E-state index in [0.29, 0.717) is 34.4 Å². The number of ether oxygens (including phenoxy) is 2. The van der Waals surface area contributed by atoms with Gasteiger partial charge in [0.1, 0.15) is 12.4 Å². The van der Waals surface area contributed by atoms with Crippen LogP contribution in [-0.4, -0.2) is 43.3 Å². The average molecular weight is 712 g/mol. The molecule has 3 aromatic heterocycles. The van der Waals surface area contributed by atoms with Gasteiger partial charge in [0.25, 0.3) is 0 Å². The number of esters is 1. The zero-order valence-electron chi connectivity index (χ0n) is 26.7. The van der Waals surface area contributed by atoms with Gasteiger partial charge in [-0.15, -0.1) is 21.5 Å². The normalized spacial score (nSPS) is 11.4. The molecule has 7 aromatic rings. The van der Waals surface area contributed by atoms with Crippen LogP contribution in [0.25, 0.3) is 21.1 Å². The van der Waals surface area contributed by atoms with Crippen LogP contribution < -0.4 is 4.74 Å². The van der Waals surface area contributed by atoms with Crippen LogP contribution in [-0.2, 0) is 50.0 Å². The van der Waals surface area contributed by atoms with E-state index in [4.69, 9.17) is 37.7 Å². The molecule has 0 saturated heterocycles. The SMILES string of the molecule is COc1ccc2sc(CCc3c(CCc4ccc(Cl)cc4)c4cc(C(=O)OCc5ccc(Cl)cc5)ccc4n3CCc3nn[nH]n3)nc2c1. The summed E-state index contributed by atoms with van der Waals surface area (Å²) in [6.45, 7) is 0.798. The smallest absolute Gasteiger partial charge is 0.338 e. The maximum atomic E-state index is 13.4. The van der Waals surface area contributed by atoms with Crippen LogP contribution in [0.15, 0.2) is 84.9 Å². The summed E-state index contributed by atoms with van der Waals surface area (Å²) in [7, 11) is 1.66. The van der Waals surface area contributed by atoms with E-state index in [0.717, 1.165) is 63.1 Å². The highest BCUT2D eigenvalue weighted by molar-refractivity contribution is 7.18. The summed E-state index contributed by atoms with van der Waals surface area (Å²) in [6.07, 6.45) is 3.67. The molecule has 0 radical (unpaired) electrons. The number of nitrogens with zero attached hydrogens (tertiary/aromatic N) is 5. The highest BCUT2D eigenvalue weighted by Gasteiger charge is 2.21. The van der Waals surface area contributed by atoms with Gasteiger partial charge in [-0.05, 0) is 90.6 Å². The van der Waals surface area contributed by atoms with Crippen molar-refractivity contribution in [3.63, 3.8) is 0 Å². The van der Waals surface area contributed by atoms with Crippen LogP contribution in [0.2, 0.25) is 10.0 Å². The predicted octanol–water partition coefficient (Wildman–Crippen LogP) is 8.25. The van der Waals surface area contributed by atoms with E-state index in [1.54, 1.807) is 30.6 Å². The van der Waals surface area contributed by atoms with Gasteiger partial charge in [-0.2, -0.15) is 5.21 Å². The van der Waals surface area contributed by atoms with Crippen LogP contribution in [0.4, 0.5) is 0 Å². The van der Waals surface area contributed by atoms with Crippen molar-refractivity contribution in [2.45, 2.75) is 45.3 Å². The lowest BCUT2D eigenvalue weighted by molar-refractivity contribution is 0.0473. The van der Waals surface area contributed by atoms with Gasteiger partial charge in [0.15, 0.2) is 5.82 Å². The van der Waals surface area contributed by atoms with Gasteiger partial charge in [0, 0.05) is 52.1 Å². The minimum atomic E-state index is -0.383. The molecular formula is C37H32Cl2N6O3S. The van der Waals surface area contributed by atoms with Crippen molar-refractivity contribution in [3.8, 4) is 5.75 Å². The summed E-state index contributed by atoms with van der Waals surface area (Å²) in [4.78, 5) is 18.3. The average Bonchev–Trinajstić information content (AvgIpc) is 3.86. The number of rotatable bonds is 13. The molecule has 12 heteroatoms. The molecule has 0 atom stereocenters. The number of carbonyl (C=O) groups excluding carboxylic acids is 1. The summed E-state index contributed by atoms with van der Waals surface area (Å²) in [5.41, 5.74) is 6.89. The summed E-state index contributed by atoms with van der Waals surface area (Å²) < 4.78 is 14.6. The van der Waals surface area contributed by atoms with Gasteiger partial charge in [0.05, 0.1) is 27.9 Å². The number of hydrogen-bond acceptors (Lipinski definition) is 8. The van der Waals surface area contributed by atoms with Crippen LogP contribution in [0, 0.1) is 0 Å². The van der Waals surface area contributed by atoms with Crippen molar-refractivity contribution in [2.24, 2.45) is 0 Å². The number of carbonyl (C=O) groups is 1. The fraction of sp³-hybridized carbons (Fsp3) is 0.216. The van der Waals surface area contributed by atoms with Crippen LogP contribution in [0.1, 0.15) is 43.6 Å². The number of methoxy groups -OCH3 is 1. The standard InChI is InChI=1S/C37H32Cl2N6O3S/c1-47-28-12-16-34-31(21-28)40-36(49-34)17-15-32-29(13-6-23-2-8-26(38)9-3-23)30-20-25(37(46)48-22-24-4-10-27(39)11-5-24)7-14-33(30)45(32)19-18-35-41-43-44-42-35/h2-5,7-12,14,16,20-21H,6,13,15,17-19,22H2,1H3,(H,41,42,43,44). The lowest BCUT2D eigenvalue weighted by Gasteiger charge is -2.12. The molecule has 0 bridgehead atoms. The maximum absolute atomic E-state index is 13.4. The Morgan fingerprint density at radius 2 is 1.63 bits per heavy atom. The number of tetrazole rings is 1. The van der Waals surface area contributed by atoms with Crippen LogP contribution >= 0.6 is 34.5 Å². The first-order valence-corrected chi connectivity index (χ1v) is 17.5. The number of fused-ring (bicyclic) bond motifs is 2. The zero-order valence-corrected chi connectivity index (χ0v) is 29.0. The highest BCUT2D eigenvalue weighted by Crippen LogP contribution is 2.32. The van der Waals surface area contributed by atoms with Gasteiger partial charge in [-0.25, -0.2) is 9.78 Å². The van der Waals surface area contributed by atoms with Crippen molar-refractivity contribution in [1.82, 2.24) is 30.2 Å². The van der Waals surface area contributed by atoms with Crippen molar-refractivity contribution in [2.75, 3.05) is 7.11 Å². The molecule has 9 nitrogen and oxygen atoms in total. The minimum Gasteiger partial charge on any atom is -0.497 e. The van der Waals surface area contributed by atoms with E-state index in [9.17, 15) is 4.79 Å². The van der Waals surface area contributed by atoms with E-state index in [-0.39, 0.29) is 12.6 Å². The van der Waals surface area contributed by atoms with E-state index in [1.807, 2.05) is 54.6 Å². The van der Waals surface area contributed by atoms with Crippen LogP contribution in [0.5, 0.6) is 5.75 Å². The van der Waals surface area contributed by atoms with E-state index in [2.05, 4.69) is 43.4 Å². The largest absolute Gasteiger partial charge is 0.497 e. The van der Waals surface area contributed by atoms with Crippen molar-refractivity contribution in [3.05, 3.63) is 134 Å². The summed E-state index contributed by atoms with van der Waals surface area (Å²) >= 11 is 13.9. The van der Waals surface area contributed by atoms with Crippen molar-refractivity contribution < 1.29 is 14.3 Å².